The van der Waals surface area contributed by atoms with Crippen molar-refractivity contribution < 1.29 is 4.74 Å². The molecule has 1 N–H and O–H groups in total. The Labute approximate surface area is 119 Å². The minimum absolute atomic E-state index is 0.807. The molecule has 19 heavy (non-hydrogen) atoms. The largest absolute Gasteiger partial charge is 0.384 e. The van der Waals surface area contributed by atoms with Gasteiger partial charge in [0.15, 0.2) is 0 Å². The van der Waals surface area contributed by atoms with Crippen LogP contribution in [0.4, 0.5) is 0 Å². The Kier molecular flexibility index (Phi) is 6.62. The first-order valence-corrected chi connectivity index (χ1v) is 8.21. The van der Waals surface area contributed by atoms with Gasteiger partial charge in [0.1, 0.15) is 0 Å². The maximum Gasteiger partial charge on any atom is 0.0491 e. The van der Waals surface area contributed by atoms with Crippen LogP contribution in [0.25, 0.3) is 0 Å². The van der Waals surface area contributed by atoms with Gasteiger partial charge < -0.3 is 15.0 Å². The normalized spacial score (nSPS) is 28.4. The van der Waals surface area contributed by atoms with Gasteiger partial charge in [-0.2, -0.15) is 0 Å². The van der Waals surface area contributed by atoms with Crippen LogP contribution in [0.3, 0.4) is 0 Å². The Morgan fingerprint density at radius 1 is 1.26 bits per heavy atom. The zero-order chi connectivity index (χ0) is 13.5. The van der Waals surface area contributed by atoms with Crippen molar-refractivity contribution in [2.75, 3.05) is 46.4 Å². The van der Waals surface area contributed by atoms with Crippen molar-refractivity contribution >= 4 is 0 Å². The SMILES string of the molecule is COCC1CCN(CCC(C)C2CCCNC2)CC1. The molecular formula is C16H32N2O. The average Bonchev–Trinajstić information content (AvgIpc) is 2.47. The second-order valence-corrected chi connectivity index (χ2v) is 6.61. The van der Waals surface area contributed by atoms with E-state index in [1.165, 1.54) is 64.8 Å². The van der Waals surface area contributed by atoms with Gasteiger partial charge in [0, 0.05) is 13.7 Å². The number of nitrogens with zero attached hydrogens (tertiary/aromatic N) is 1. The summed E-state index contributed by atoms with van der Waals surface area (Å²) in [5, 5.41) is 3.55. The van der Waals surface area contributed by atoms with Crippen molar-refractivity contribution in [1.29, 1.82) is 0 Å². The highest BCUT2D eigenvalue weighted by molar-refractivity contribution is 4.77. The second kappa shape index (κ2) is 8.23. The molecule has 2 atom stereocenters. The molecule has 0 aromatic rings. The van der Waals surface area contributed by atoms with Crippen LogP contribution >= 0.6 is 0 Å². The van der Waals surface area contributed by atoms with Crippen molar-refractivity contribution in [3.05, 3.63) is 0 Å². The summed E-state index contributed by atoms with van der Waals surface area (Å²) >= 11 is 0. The van der Waals surface area contributed by atoms with Crippen LogP contribution in [0.1, 0.15) is 39.0 Å². The minimum atomic E-state index is 0.807. The van der Waals surface area contributed by atoms with Gasteiger partial charge in [0.2, 0.25) is 0 Å². The number of hydrogen-bond donors (Lipinski definition) is 1. The van der Waals surface area contributed by atoms with E-state index in [0.717, 1.165) is 24.4 Å². The summed E-state index contributed by atoms with van der Waals surface area (Å²) < 4.78 is 5.27. The van der Waals surface area contributed by atoms with Crippen LogP contribution in [0, 0.1) is 17.8 Å². The molecular weight excluding hydrogens is 236 g/mol. The molecule has 2 rings (SSSR count). The molecule has 0 radical (unpaired) electrons. The number of likely N-dealkylation sites (tertiary alicyclic amines) is 1. The molecule has 2 saturated heterocycles. The second-order valence-electron chi connectivity index (χ2n) is 6.61. The van der Waals surface area contributed by atoms with E-state index in [4.69, 9.17) is 4.74 Å². The van der Waals surface area contributed by atoms with Crippen molar-refractivity contribution in [3.8, 4) is 0 Å². The van der Waals surface area contributed by atoms with E-state index < -0.39 is 0 Å². The van der Waals surface area contributed by atoms with Crippen molar-refractivity contribution in [2.24, 2.45) is 17.8 Å². The zero-order valence-electron chi connectivity index (χ0n) is 12.9. The van der Waals surface area contributed by atoms with Gasteiger partial charge >= 0.3 is 0 Å². The Hall–Kier alpha value is -0.120. The van der Waals surface area contributed by atoms with E-state index in [9.17, 15) is 0 Å². The Morgan fingerprint density at radius 2 is 2.05 bits per heavy atom. The highest BCUT2D eigenvalue weighted by Crippen LogP contribution is 2.24. The molecule has 0 saturated carbocycles. The number of ether oxygens (including phenoxy) is 1. The summed E-state index contributed by atoms with van der Waals surface area (Å²) in [4.78, 5) is 2.67. The van der Waals surface area contributed by atoms with Gasteiger partial charge in [0.25, 0.3) is 0 Å². The third-order valence-electron chi connectivity index (χ3n) is 5.15. The number of piperidine rings is 2. The average molecular weight is 268 g/mol. The smallest absolute Gasteiger partial charge is 0.0491 e. The van der Waals surface area contributed by atoms with E-state index in [-0.39, 0.29) is 0 Å². The van der Waals surface area contributed by atoms with Gasteiger partial charge in [0.05, 0.1) is 0 Å². The fraction of sp³-hybridized carbons (Fsp3) is 1.00. The number of nitrogens with one attached hydrogen (secondary N) is 1. The Morgan fingerprint density at radius 3 is 2.68 bits per heavy atom. The molecule has 2 heterocycles. The number of hydrogen-bond acceptors (Lipinski definition) is 3. The lowest BCUT2D eigenvalue weighted by Crippen LogP contribution is -2.38. The first-order valence-electron chi connectivity index (χ1n) is 8.21. The third-order valence-corrected chi connectivity index (χ3v) is 5.15. The van der Waals surface area contributed by atoms with Crippen molar-refractivity contribution in [3.63, 3.8) is 0 Å². The van der Waals surface area contributed by atoms with Gasteiger partial charge in [-0.15, -0.1) is 0 Å². The Bertz CT molecular complexity index is 233. The summed E-state index contributed by atoms with van der Waals surface area (Å²) in [5.41, 5.74) is 0. The van der Waals surface area contributed by atoms with Crippen LogP contribution in [0.2, 0.25) is 0 Å². The van der Waals surface area contributed by atoms with Gasteiger partial charge in [-0.3, -0.25) is 0 Å². The van der Waals surface area contributed by atoms with Gasteiger partial charge in [-0.25, -0.2) is 0 Å². The molecule has 3 heteroatoms. The minimum Gasteiger partial charge on any atom is -0.384 e. The molecule has 0 amide bonds. The molecule has 2 fully saturated rings. The molecule has 0 aromatic carbocycles. The quantitative estimate of drug-likeness (QED) is 0.800. The zero-order valence-corrected chi connectivity index (χ0v) is 12.9. The van der Waals surface area contributed by atoms with Crippen molar-refractivity contribution in [1.82, 2.24) is 10.2 Å². The first kappa shape index (κ1) is 15.3. The molecule has 2 aliphatic rings. The molecule has 112 valence electrons. The van der Waals surface area contributed by atoms with E-state index in [1.54, 1.807) is 0 Å². The standard InChI is InChI=1S/C16H32N2O/c1-14(16-4-3-8-17-12-16)5-9-18-10-6-15(7-11-18)13-19-2/h14-17H,3-13H2,1-2H3. The van der Waals surface area contributed by atoms with Crippen LogP contribution in [-0.2, 0) is 4.74 Å². The predicted octanol–water partition coefficient (Wildman–Crippen LogP) is 2.37. The molecule has 0 aromatic heterocycles. The van der Waals surface area contributed by atoms with Crippen LogP contribution in [0.5, 0.6) is 0 Å². The summed E-state index contributed by atoms with van der Waals surface area (Å²) in [6.07, 6.45) is 6.84. The maximum absolute atomic E-state index is 5.27. The first-order chi connectivity index (χ1) is 9.29. The fourth-order valence-electron chi connectivity index (χ4n) is 3.60. The molecule has 3 nitrogen and oxygen atoms in total. The molecule has 2 unspecified atom stereocenters. The van der Waals surface area contributed by atoms with Gasteiger partial charge in [-0.05, 0) is 82.6 Å². The molecule has 0 aliphatic carbocycles. The van der Waals surface area contributed by atoms with Gasteiger partial charge in [-0.1, -0.05) is 6.92 Å². The molecule has 0 spiro atoms. The summed E-state index contributed by atoms with van der Waals surface area (Å²) in [6.45, 7) is 9.76. The molecule has 0 bridgehead atoms. The van der Waals surface area contributed by atoms with Crippen molar-refractivity contribution in [2.45, 2.75) is 39.0 Å². The monoisotopic (exact) mass is 268 g/mol. The van der Waals surface area contributed by atoms with E-state index in [0.29, 0.717) is 0 Å². The lowest BCUT2D eigenvalue weighted by Gasteiger charge is -2.34. The van der Waals surface area contributed by atoms with E-state index in [2.05, 4.69) is 17.1 Å². The summed E-state index contributed by atoms with van der Waals surface area (Å²) in [6, 6.07) is 0. The molecule has 2 aliphatic heterocycles. The summed E-state index contributed by atoms with van der Waals surface area (Å²) in [7, 11) is 1.83. The van der Waals surface area contributed by atoms with Crippen LogP contribution in [-0.4, -0.2) is 51.3 Å². The predicted molar refractivity (Wildman–Crippen MR) is 80.4 cm³/mol. The topological polar surface area (TPSA) is 24.5 Å². The number of rotatable bonds is 6. The van der Waals surface area contributed by atoms with Crippen LogP contribution in [0.15, 0.2) is 0 Å². The lowest BCUT2D eigenvalue weighted by molar-refractivity contribution is 0.0951. The van der Waals surface area contributed by atoms with E-state index in [1.807, 2.05) is 7.11 Å². The fourth-order valence-corrected chi connectivity index (χ4v) is 3.60. The van der Waals surface area contributed by atoms with Crippen LogP contribution < -0.4 is 5.32 Å². The highest BCUT2D eigenvalue weighted by Gasteiger charge is 2.22. The highest BCUT2D eigenvalue weighted by atomic mass is 16.5. The maximum atomic E-state index is 5.27. The third kappa shape index (κ3) is 5.05. The van der Waals surface area contributed by atoms with E-state index >= 15 is 0 Å². The Balaban J connectivity index is 1.60. The number of methoxy groups -OCH3 is 1. The lowest BCUT2D eigenvalue weighted by atomic mass is 9.85. The summed E-state index contributed by atoms with van der Waals surface area (Å²) in [5.74, 6) is 2.60.